The van der Waals surface area contributed by atoms with Crippen molar-refractivity contribution in [2.75, 3.05) is 39.7 Å². The number of carbonyl (C=O) groups is 1. The number of methoxy groups -OCH3 is 1. The molecule has 0 unspecified atom stereocenters. The summed E-state index contributed by atoms with van der Waals surface area (Å²) in [5, 5.41) is 2.70. The van der Waals surface area contributed by atoms with Crippen LogP contribution in [0.5, 0.6) is 0 Å². The Balaban J connectivity index is 2.92. The van der Waals surface area contributed by atoms with Gasteiger partial charge in [-0.3, -0.25) is 4.79 Å². The fourth-order valence-electron chi connectivity index (χ4n) is 1.49. The summed E-state index contributed by atoms with van der Waals surface area (Å²) in [5.41, 5.74) is 0.549. The molecular weight excluding hydrogens is 223 g/mol. The molecule has 0 saturated carbocycles. The predicted octanol–water partition coefficient (Wildman–Crippen LogP) is 1.59. The third-order valence-electron chi connectivity index (χ3n) is 2.47. The van der Waals surface area contributed by atoms with Crippen LogP contribution in [-0.2, 0) is 4.74 Å². The van der Waals surface area contributed by atoms with Crippen molar-refractivity contribution in [3.63, 3.8) is 0 Å². The Kier molecular flexibility index (Phi) is 4.90. The lowest BCUT2D eigenvalue weighted by Crippen LogP contribution is -2.30. The van der Waals surface area contributed by atoms with Gasteiger partial charge in [0.1, 0.15) is 5.82 Å². The van der Waals surface area contributed by atoms with Gasteiger partial charge in [-0.15, -0.1) is 0 Å². The molecule has 1 amide bonds. The van der Waals surface area contributed by atoms with Crippen molar-refractivity contribution in [3.8, 4) is 0 Å². The van der Waals surface area contributed by atoms with Gasteiger partial charge < -0.3 is 15.0 Å². The molecule has 0 radical (unpaired) electrons. The van der Waals surface area contributed by atoms with E-state index >= 15 is 0 Å². The number of amides is 1. The molecule has 0 aliphatic carbocycles. The third-order valence-corrected chi connectivity index (χ3v) is 2.47. The Hall–Kier alpha value is -1.62. The van der Waals surface area contributed by atoms with Crippen LogP contribution in [0.15, 0.2) is 18.2 Å². The van der Waals surface area contributed by atoms with E-state index in [0.717, 1.165) is 0 Å². The van der Waals surface area contributed by atoms with Crippen LogP contribution < -0.4 is 5.32 Å². The molecule has 0 atom stereocenters. The van der Waals surface area contributed by atoms with E-state index in [1.807, 2.05) is 0 Å². The Morgan fingerprint density at radius 3 is 2.82 bits per heavy atom. The summed E-state index contributed by atoms with van der Waals surface area (Å²) in [4.78, 5) is 13.5. The number of benzene rings is 1. The molecule has 5 heteroatoms. The minimum Gasteiger partial charge on any atom is -0.385 e. The maximum Gasteiger partial charge on any atom is 0.255 e. The first kappa shape index (κ1) is 13.4. The largest absolute Gasteiger partial charge is 0.385 e. The monoisotopic (exact) mass is 240 g/mol. The van der Waals surface area contributed by atoms with Crippen LogP contribution in [-0.4, -0.2) is 45.2 Å². The summed E-state index contributed by atoms with van der Waals surface area (Å²) in [6.45, 7) is 0.918. The first-order valence-electron chi connectivity index (χ1n) is 5.32. The molecule has 0 aliphatic heterocycles. The molecule has 1 N–H and O–H groups in total. The zero-order valence-corrected chi connectivity index (χ0v) is 10.3. The second kappa shape index (κ2) is 6.20. The number of nitrogens with one attached hydrogen (secondary N) is 1. The van der Waals surface area contributed by atoms with Crippen LogP contribution in [0.4, 0.5) is 10.1 Å². The number of anilines is 1. The molecule has 0 aromatic heterocycles. The molecule has 0 saturated heterocycles. The number of carbonyl (C=O) groups excluding carboxylic acids is 1. The van der Waals surface area contributed by atoms with Crippen molar-refractivity contribution in [1.29, 1.82) is 0 Å². The normalized spacial score (nSPS) is 10.1. The van der Waals surface area contributed by atoms with Gasteiger partial charge in [0.15, 0.2) is 0 Å². The lowest BCUT2D eigenvalue weighted by atomic mass is 10.1. The highest BCUT2D eigenvalue weighted by Gasteiger charge is 2.17. The van der Waals surface area contributed by atoms with Gasteiger partial charge >= 0.3 is 0 Å². The standard InChI is InChI=1S/C12H17FN2O2/c1-14-11-9(5-4-6-10(11)13)12(16)15(2)7-8-17-3/h4-6,14H,7-8H2,1-3H3. The van der Waals surface area contributed by atoms with Gasteiger partial charge in [-0.1, -0.05) is 6.07 Å². The Labute approximate surface area is 100 Å². The van der Waals surface area contributed by atoms with Gasteiger partial charge in [0, 0.05) is 27.7 Å². The summed E-state index contributed by atoms with van der Waals surface area (Å²) in [6, 6.07) is 4.44. The number of hydrogen-bond donors (Lipinski definition) is 1. The summed E-state index contributed by atoms with van der Waals surface area (Å²) >= 11 is 0. The van der Waals surface area contributed by atoms with Crippen LogP contribution in [0.25, 0.3) is 0 Å². The molecule has 1 aromatic rings. The van der Waals surface area contributed by atoms with Gasteiger partial charge in [-0.2, -0.15) is 0 Å². The molecule has 4 nitrogen and oxygen atoms in total. The van der Waals surface area contributed by atoms with Gasteiger partial charge in [-0.05, 0) is 12.1 Å². The van der Waals surface area contributed by atoms with Crippen LogP contribution in [0.1, 0.15) is 10.4 Å². The van der Waals surface area contributed by atoms with E-state index in [1.54, 1.807) is 27.3 Å². The van der Waals surface area contributed by atoms with Crippen molar-refractivity contribution >= 4 is 11.6 Å². The van der Waals surface area contributed by atoms with Crippen molar-refractivity contribution < 1.29 is 13.9 Å². The summed E-state index contributed by atoms with van der Waals surface area (Å²) in [7, 11) is 4.82. The zero-order valence-electron chi connectivity index (χ0n) is 10.3. The summed E-state index contributed by atoms with van der Waals surface area (Å²) < 4.78 is 18.4. The van der Waals surface area contributed by atoms with Gasteiger partial charge in [0.05, 0.1) is 17.9 Å². The van der Waals surface area contributed by atoms with Crippen LogP contribution in [0, 0.1) is 5.82 Å². The smallest absolute Gasteiger partial charge is 0.255 e. The van der Waals surface area contributed by atoms with E-state index in [1.165, 1.54) is 17.0 Å². The molecule has 1 rings (SSSR count). The first-order valence-corrected chi connectivity index (χ1v) is 5.32. The van der Waals surface area contributed by atoms with Crippen LogP contribution in [0.2, 0.25) is 0 Å². The summed E-state index contributed by atoms with van der Waals surface area (Å²) in [6.07, 6.45) is 0. The Morgan fingerprint density at radius 1 is 1.53 bits per heavy atom. The van der Waals surface area contributed by atoms with Crippen molar-refractivity contribution in [2.24, 2.45) is 0 Å². The summed E-state index contributed by atoms with van der Waals surface area (Å²) in [5.74, 6) is -0.663. The van der Waals surface area contributed by atoms with Crippen LogP contribution >= 0.6 is 0 Å². The van der Waals surface area contributed by atoms with E-state index in [4.69, 9.17) is 4.74 Å². The van der Waals surface area contributed by atoms with E-state index in [-0.39, 0.29) is 11.6 Å². The molecule has 0 bridgehead atoms. The minimum absolute atomic E-state index is 0.224. The third kappa shape index (κ3) is 3.17. The van der Waals surface area contributed by atoms with Gasteiger partial charge in [0.25, 0.3) is 5.91 Å². The number of likely N-dealkylation sites (N-methyl/N-ethyl adjacent to an activating group) is 1. The molecule has 0 spiro atoms. The van der Waals surface area contributed by atoms with E-state index < -0.39 is 5.82 Å². The number of rotatable bonds is 5. The highest BCUT2D eigenvalue weighted by atomic mass is 19.1. The number of para-hydroxylation sites is 1. The maximum atomic E-state index is 13.5. The van der Waals surface area contributed by atoms with Crippen molar-refractivity contribution in [2.45, 2.75) is 0 Å². The lowest BCUT2D eigenvalue weighted by Gasteiger charge is -2.18. The zero-order chi connectivity index (χ0) is 12.8. The molecule has 0 aliphatic rings. The second-order valence-corrected chi connectivity index (χ2v) is 3.63. The lowest BCUT2D eigenvalue weighted by molar-refractivity contribution is 0.0745. The Morgan fingerprint density at radius 2 is 2.24 bits per heavy atom. The van der Waals surface area contributed by atoms with Crippen LogP contribution in [0.3, 0.4) is 0 Å². The molecule has 0 heterocycles. The van der Waals surface area contributed by atoms with Crippen molar-refractivity contribution in [3.05, 3.63) is 29.6 Å². The van der Waals surface area contributed by atoms with Gasteiger partial charge in [-0.25, -0.2) is 4.39 Å². The second-order valence-electron chi connectivity index (χ2n) is 3.63. The average molecular weight is 240 g/mol. The molecule has 1 aromatic carbocycles. The fraction of sp³-hybridized carbons (Fsp3) is 0.417. The Bertz CT molecular complexity index is 396. The molecule has 17 heavy (non-hydrogen) atoms. The number of hydrogen-bond acceptors (Lipinski definition) is 3. The number of halogens is 1. The number of ether oxygens (including phenoxy) is 1. The average Bonchev–Trinajstić information content (AvgIpc) is 2.34. The first-order chi connectivity index (χ1) is 8.11. The maximum absolute atomic E-state index is 13.5. The molecule has 0 fully saturated rings. The SMILES string of the molecule is CNc1c(F)cccc1C(=O)N(C)CCOC. The van der Waals surface area contributed by atoms with E-state index in [2.05, 4.69) is 5.32 Å². The number of nitrogens with zero attached hydrogens (tertiary/aromatic N) is 1. The van der Waals surface area contributed by atoms with E-state index in [0.29, 0.717) is 18.7 Å². The topological polar surface area (TPSA) is 41.6 Å². The van der Waals surface area contributed by atoms with Gasteiger partial charge in [0.2, 0.25) is 0 Å². The minimum atomic E-state index is -0.432. The van der Waals surface area contributed by atoms with Crippen molar-refractivity contribution in [1.82, 2.24) is 4.90 Å². The quantitative estimate of drug-likeness (QED) is 0.849. The highest BCUT2D eigenvalue weighted by Crippen LogP contribution is 2.20. The highest BCUT2D eigenvalue weighted by molar-refractivity contribution is 5.99. The van der Waals surface area contributed by atoms with E-state index in [9.17, 15) is 9.18 Å². The fourth-order valence-corrected chi connectivity index (χ4v) is 1.49. The predicted molar refractivity (Wildman–Crippen MR) is 64.8 cm³/mol. The molecule has 94 valence electrons. The molecular formula is C12H17FN2O2.